The Morgan fingerprint density at radius 1 is 1.20 bits per heavy atom. The minimum Gasteiger partial charge on any atom is -0.444 e. The Morgan fingerprint density at radius 2 is 1.93 bits per heavy atom. The van der Waals surface area contributed by atoms with E-state index in [0.29, 0.717) is 60.0 Å². The zero-order valence-electron chi connectivity index (χ0n) is 24.8. The van der Waals surface area contributed by atoms with Crippen LogP contribution in [0.15, 0.2) is 23.4 Å². The number of sulfonamides is 1. The molecular weight excluding hydrogens is 619 g/mol. The first-order chi connectivity index (χ1) is 20.6. The lowest BCUT2D eigenvalue weighted by atomic mass is 9.87. The van der Waals surface area contributed by atoms with E-state index in [1.165, 1.54) is 17.0 Å². The molecule has 1 saturated carbocycles. The molecule has 2 atom stereocenters. The van der Waals surface area contributed by atoms with Gasteiger partial charge in [-0.15, -0.1) is 10.2 Å². The van der Waals surface area contributed by atoms with Gasteiger partial charge in [-0.2, -0.15) is 0 Å². The van der Waals surface area contributed by atoms with Gasteiger partial charge in [-0.1, -0.05) is 11.3 Å². The highest BCUT2D eigenvalue weighted by Gasteiger charge is 2.42. The first-order valence-electron chi connectivity index (χ1n) is 14.2. The molecule has 0 radical (unpaired) electrons. The van der Waals surface area contributed by atoms with Crippen LogP contribution in [-0.4, -0.2) is 67.9 Å². The third-order valence-electron chi connectivity index (χ3n) is 8.00. The van der Waals surface area contributed by atoms with Crippen molar-refractivity contribution in [1.29, 1.82) is 0 Å². The van der Waals surface area contributed by atoms with Gasteiger partial charge in [0.05, 0.1) is 11.2 Å². The van der Waals surface area contributed by atoms with Crippen LogP contribution in [0.1, 0.15) is 83.3 Å². The van der Waals surface area contributed by atoms with Crippen molar-refractivity contribution in [3.63, 3.8) is 0 Å². The molecule has 1 N–H and O–H groups in total. The summed E-state index contributed by atoms with van der Waals surface area (Å²) in [6.45, 7) is 9.44. The van der Waals surface area contributed by atoms with Crippen LogP contribution in [0.25, 0.3) is 27.1 Å². The van der Waals surface area contributed by atoms with Crippen molar-refractivity contribution in [3.05, 3.63) is 35.0 Å². The van der Waals surface area contributed by atoms with E-state index < -0.39 is 49.4 Å². The van der Waals surface area contributed by atoms with Gasteiger partial charge in [-0.3, -0.25) is 4.57 Å². The number of fused-ring (bicyclic) bond motifs is 3. The maximum atomic E-state index is 15.7. The van der Waals surface area contributed by atoms with Crippen LogP contribution in [0.2, 0.25) is 0 Å². The molecule has 236 valence electrons. The van der Waals surface area contributed by atoms with Crippen molar-refractivity contribution in [3.8, 4) is 5.13 Å². The number of rotatable bonds is 6. The number of nitrogens with zero attached hydrogens (tertiary/aromatic N) is 6. The largest absolute Gasteiger partial charge is 0.444 e. The van der Waals surface area contributed by atoms with E-state index in [1.54, 1.807) is 32.6 Å². The molecule has 3 aromatic heterocycles. The topological polar surface area (TPSA) is 132 Å². The molecule has 2 aliphatic rings. The Hall–Kier alpha value is -3.37. The number of carbonyl (C=O) groups excluding carboxylic acids is 1. The fraction of sp³-hybridized carbons (Fsp3) is 0.536. The van der Waals surface area contributed by atoms with Crippen molar-refractivity contribution < 1.29 is 31.1 Å². The maximum Gasteiger partial charge on any atom is 0.410 e. The molecule has 1 aliphatic heterocycles. The second-order valence-electron chi connectivity index (χ2n) is 12.7. The third kappa shape index (κ3) is 5.62. The van der Waals surface area contributed by atoms with E-state index in [-0.39, 0.29) is 28.3 Å². The van der Waals surface area contributed by atoms with E-state index in [9.17, 15) is 22.0 Å². The first kappa shape index (κ1) is 30.6. The first-order valence-corrected chi connectivity index (χ1v) is 16.5. The molecule has 16 heteroatoms. The number of hydrogen-bond acceptors (Lipinski definition) is 9. The van der Waals surface area contributed by atoms with Crippen molar-refractivity contribution in [2.24, 2.45) is 0 Å². The van der Waals surface area contributed by atoms with Gasteiger partial charge in [0, 0.05) is 34.8 Å². The summed E-state index contributed by atoms with van der Waals surface area (Å²) in [7, 11) is -4.26. The third-order valence-corrected chi connectivity index (χ3v) is 10.6. The predicted octanol–water partition coefficient (Wildman–Crippen LogP) is 5.84. The second-order valence-corrected chi connectivity index (χ2v) is 15.4. The summed E-state index contributed by atoms with van der Waals surface area (Å²) >= 11 is 0.629. The Labute approximate surface area is 255 Å². The fourth-order valence-corrected chi connectivity index (χ4v) is 7.92. The van der Waals surface area contributed by atoms with Gasteiger partial charge >= 0.3 is 6.09 Å². The number of carbonyl (C=O) groups is 1. The molecule has 0 spiro atoms. The van der Waals surface area contributed by atoms with E-state index >= 15 is 4.39 Å². The number of amides is 1. The molecule has 0 bridgehead atoms. The van der Waals surface area contributed by atoms with E-state index in [4.69, 9.17) is 4.74 Å². The number of alkyl halides is 2. The summed E-state index contributed by atoms with van der Waals surface area (Å²) in [6.07, 6.45) is 0.342. The summed E-state index contributed by atoms with van der Waals surface area (Å²) in [6, 6.07) is 2.10. The lowest BCUT2D eigenvalue weighted by Crippen LogP contribution is -2.46. The molecule has 1 aromatic carbocycles. The van der Waals surface area contributed by atoms with Crippen molar-refractivity contribution in [2.45, 2.75) is 94.7 Å². The van der Waals surface area contributed by atoms with Crippen LogP contribution in [0.4, 0.5) is 18.0 Å². The molecule has 1 aliphatic carbocycles. The fourth-order valence-electron chi connectivity index (χ4n) is 5.65. The number of likely N-dealkylation sites (tertiary alicyclic amines) is 1. The minimum atomic E-state index is -4.26. The standard InChI is InChI=1S/C28H32F3N7O4S2/c1-14-10-15(6-9-37(14)26(39)42-27(2,3)4)21-20-16-11-17(29)19(44(40,41)36-28(5)7-8-28)12-18(16)38(23(20)33-13-32-21)25-35-34-24(43-25)22(30)31/h11-15,22,36H,6-10H2,1-5H3. The molecule has 6 rings (SSSR count). The molecule has 1 saturated heterocycles. The average Bonchev–Trinajstić information content (AvgIpc) is 3.30. The molecule has 2 unspecified atom stereocenters. The van der Waals surface area contributed by atoms with Gasteiger partial charge in [0.1, 0.15) is 22.6 Å². The van der Waals surface area contributed by atoms with Crippen LogP contribution in [-0.2, 0) is 14.8 Å². The van der Waals surface area contributed by atoms with Crippen LogP contribution in [0, 0.1) is 5.82 Å². The van der Waals surface area contributed by atoms with Gasteiger partial charge < -0.3 is 9.64 Å². The van der Waals surface area contributed by atoms with Crippen LogP contribution in [0.3, 0.4) is 0 Å². The lowest BCUT2D eigenvalue weighted by Gasteiger charge is -2.38. The molecular formula is C28H32F3N7O4S2. The van der Waals surface area contributed by atoms with E-state index in [0.717, 1.165) is 6.07 Å². The maximum absolute atomic E-state index is 15.7. The monoisotopic (exact) mass is 651 g/mol. The Kier molecular flexibility index (Phi) is 7.40. The molecule has 4 aromatic rings. The van der Waals surface area contributed by atoms with Gasteiger partial charge in [0.25, 0.3) is 6.43 Å². The summed E-state index contributed by atoms with van der Waals surface area (Å²) < 4.78 is 78.9. The van der Waals surface area contributed by atoms with Crippen LogP contribution < -0.4 is 4.72 Å². The normalized spacial score (nSPS) is 20.5. The summed E-state index contributed by atoms with van der Waals surface area (Å²) in [4.78, 5) is 22.9. The van der Waals surface area contributed by atoms with Crippen LogP contribution >= 0.6 is 11.3 Å². The predicted molar refractivity (Wildman–Crippen MR) is 157 cm³/mol. The zero-order chi connectivity index (χ0) is 31.8. The van der Waals surface area contributed by atoms with Gasteiger partial charge in [0.2, 0.25) is 15.2 Å². The van der Waals surface area contributed by atoms with Gasteiger partial charge in [-0.25, -0.2) is 41.1 Å². The number of hydrogen-bond donors (Lipinski definition) is 1. The Bertz CT molecular complexity index is 1880. The molecule has 1 amide bonds. The Balaban J connectivity index is 1.49. The summed E-state index contributed by atoms with van der Waals surface area (Å²) in [5.41, 5.74) is -0.264. The number of nitrogens with one attached hydrogen (secondary N) is 1. The second kappa shape index (κ2) is 10.6. The van der Waals surface area contributed by atoms with Crippen molar-refractivity contribution in [1.82, 2.24) is 34.4 Å². The number of piperidine rings is 1. The SMILES string of the molecule is CC1CC(c2ncnc3c2c2cc(F)c(S(=O)(=O)NC4(C)CC4)cc2n3-c2nnc(C(F)F)s2)CCN1C(=O)OC(C)(C)C. The molecule has 44 heavy (non-hydrogen) atoms. The highest BCUT2D eigenvalue weighted by atomic mass is 32.2. The van der Waals surface area contributed by atoms with E-state index in [2.05, 4.69) is 24.9 Å². The summed E-state index contributed by atoms with van der Waals surface area (Å²) in [5, 5.41) is 7.81. The molecule has 2 fully saturated rings. The average molecular weight is 652 g/mol. The highest BCUT2D eigenvalue weighted by molar-refractivity contribution is 7.89. The number of ether oxygens (including phenoxy) is 1. The molecule has 4 heterocycles. The van der Waals surface area contributed by atoms with E-state index in [1.807, 2.05) is 6.92 Å². The van der Waals surface area contributed by atoms with Crippen molar-refractivity contribution in [2.75, 3.05) is 6.54 Å². The number of benzene rings is 1. The quantitative estimate of drug-likeness (QED) is 0.275. The number of aromatic nitrogens is 5. The zero-order valence-corrected chi connectivity index (χ0v) is 26.4. The smallest absolute Gasteiger partial charge is 0.410 e. The lowest BCUT2D eigenvalue weighted by molar-refractivity contribution is 0.0103. The Morgan fingerprint density at radius 3 is 2.55 bits per heavy atom. The van der Waals surface area contributed by atoms with Gasteiger partial charge in [0.15, 0.2) is 10.7 Å². The highest BCUT2D eigenvalue weighted by Crippen LogP contribution is 2.42. The van der Waals surface area contributed by atoms with Gasteiger partial charge in [-0.05, 0) is 72.4 Å². The van der Waals surface area contributed by atoms with Crippen LogP contribution in [0.5, 0.6) is 0 Å². The number of halogens is 3. The summed E-state index contributed by atoms with van der Waals surface area (Å²) in [5.74, 6) is -1.15. The molecule has 11 nitrogen and oxygen atoms in total. The minimum absolute atomic E-state index is 0.0233. The van der Waals surface area contributed by atoms with Crippen molar-refractivity contribution >= 4 is 49.4 Å².